The summed E-state index contributed by atoms with van der Waals surface area (Å²) in [4.78, 5) is 30.2. The number of hydrogen-bond donors (Lipinski definition) is 1. The van der Waals surface area contributed by atoms with E-state index in [9.17, 15) is 14.7 Å². The molecule has 2 fully saturated rings. The molecule has 7 heteroatoms. The van der Waals surface area contributed by atoms with Gasteiger partial charge in [0.05, 0.1) is 0 Å². The van der Waals surface area contributed by atoms with Crippen molar-refractivity contribution in [3.8, 4) is 5.75 Å². The molecular weight excluding hydrogens is 378 g/mol. The molecule has 2 saturated heterocycles. The number of phenols is 1. The average Bonchev–Trinajstić information content (AvgIpc) is 2.66. The number of likely N-dealkylation sites (tertiary alicyclic amines) is 1. The maximum atomic E-state index is 12.6. The average molecular weight is 406 g/mol. The lowest BCUT2D eigenvalue weighted by atomic mass is 10.0. The van der Waals surface area contributed by atoms with Gasteiger partial charge in [-0.25, -0.2) is 0 Å². The summed E-state index contributed by atoms with van der Waals surface area (Å²) >= 11 is 6.11. The van der Waals surface area contributed by atoms with Crippen LogP contribution in [-0.2, 0) is 22.4 Å². The van der Waals surface area contributed by atoms with Crippen molar-refractivity contribution in [2.75, 3.05) is 39.3 Å². The van der Waals surface area contributed by atoms with Crippen LogP contribution in [-0.4, -0.2) is 76.9 Å². The molecule has 0 bridgehead atoms. The minimum absolute atomic E-state index is 0.0123. The summed E-state index contributed by atoms with van der Waals surface area (Å²) in [5.41, 5.74) is 1.76. The van der Waals surface area contributed by atoms with Crippen molar-refractivity contribution < 1.29 is 14.7 Å². The first-order valence-corrected chi connectivity index (χ1v) is 10.2. The number of aryl methyl sites for hydroxylation is 2. The second kappa shape index (κ2) is 8.97. The molecule has 0 aromatic heterocycles. The van der Waals surface area contributed by atoms with Crippen molar-refractivity contribution in [3.05, 3.63) is 40.9 Å². The van der Waals surface area contributed by atoms with E-state index in [1.807, 2.05) is 17.9 Å². The van der Waals surface area contributed by atoms with Gasteiger partial charge in [0.15, 0.2) is 0 Å². The summed E-state index contributed by atoms with van der Waals surface area (Å²) in [6.45, 7) is 10.1. The number of amides is 2. The van der Waals surface area contributed by atoms with Crippen LogP contribution in [0.3, 0.4) is 0 Å². The highest BCUT2D eigenvalue weighted by Crippen LogP contribution is 2.28. The van der Waals surface area contributed by atoms with Crippen LogP contribution >= 0.6 is 11.6 Å². The van der Waals surface area contributed by atoms with Gasteiger partial charge in [-0.3, -0.25) is 14.5 Å². The highest BCUT2D eigenvalue weighted by Gasteiger charge is 2.35. The lowest BCUT2D eigenvalue weighted by Crippen LogP contribution is -2.64. The van der Waals surface area contributed by atoms with E-state index in [0.717, 1.165) is 43.7 Å². The standard InChI is InChI=1S/C21H28ClN3O3/c1-3-15-11-16(19(26)12-18(15)22)5-6-21(28)24-9-7-23(8-10-24)17-13-25(14-17)20(27)4-2/h4,11-12,17,26H,2-3,5-10,13-14H2,1H3. The second-order valence-corrected chi connectivity index (χ2v) is 7.85. The predicted octanol–water partition coefficient (Wildman–Crippen LogP) is 2.08. The summed E-state index contributed by atoms with van der Waals surface area (Å²) < 4.78 is 0. The quantitative estimate of drug-likeness (QED) is 0.736. The van der Waals surface area contributed by atoms with E-state index in [0.29, 0.717) is 37.0 Å². The molecule has 1 aromatic carbocycles. The van der Waals surface area contributed by atoms with E-state index < -0.39 is 0 Å². The van der Waals surface area contributed by atoms with Crippen LogP contribution in [0.4, 0.5) is 0 Å². The van der Waals surface area contributed by atoms with Crippen LogP contribution < -0.4 is 0 Å². The van der Waals surface area contributed by atoms with E-state index in [4.69, 9.17) is 11.6 Å². The van der Waals surface area contributed by atoms with Crippen LogP contribution in [0.25, 0.3) is 0 Å². The number of nitrogens with zero attached hydrogens (tertiary/aromatic N) is 3. The van der Waals surface area contributed by atoms with E-state index in [1.54, 1.807) is 11.0 Å². The molecule has 2 aliphatic heterocycles. The molecule has 0 spiro atoms. The largest absolute Gasteiger partial charge is 0.508 e. The minimum atomic E-state index is -0.0123. The zero-order valence-electron chi connectivity index (χ0n) is 16.4. The number of hydrogen-bond acceptors (Lipinski definition) is 4. The van der Waals surface area contributed by atoms with Crippen LogP contribution in [0.15, 0.2) is 24.8 Å². The molecule has 1 aromatic rings. The highest BCUT2D eigenvalue weighted by molar-refractivity contribution is 6.31. The molecule has 152 valence electrons. The van der Waals surface area contributed by atoms with E-state index in [1.165, 1.54) is 6.08 Å². The molecule has 0 aliphatic carbocycles. The molecule has 2 amide bonds. The molecule has 0 atom stereocenters. The first kappa shape index (κ1) is 20.7. The number of carbonyl (C=O) groups is 2. The van der Waals surface area contributed by atoms with Gasteiger partial charge in [0.25, 0.3) is 0 Å². The van der Waals surface area contributed by atoms with Crippen molar-refractivity contribution in [1.29, 1.82) is 0 Å². The van der Waals surface area contributed by atoms with E-state index >= 15 is 0 Å². The highest BCUT2D eigenvalue weighted by atomic mass is 35.5. The maximum absolute atomic E-state index is 12.6. The second-order valence-electron chi connectivity index (χ2n) is 7.44. The third-order valence-electron chi connectivity index (χ3n) is 5.77. The molecule has 0 radical (unpaired) electrons. The summed E-state index contributed by atoms with van der Waals surface area (Å²) in [5, 5.41) is 10.7. The Morgan fingerprint density at radius 2 is 1.86 bits per heavy atom. The first-order chi connectivity index (χ1) is 13.4. The fourth-order valence-corrected chi connectivity index (χ4v) is 4.15. The SMILES string of the molecule is C=CC(=O)N1CC(N2CCN(C(=O)CCc3cc(CC)c(Cl)cc3O)CC2)C1. The lowest BCUT2D eigenvalue weighted by molar-refractivity contribution is -0.136. The van der Waals surface area contributed by atoms with Gasteiger partial charge in [0, 0.05) is 56.8 Å². The smallest absolute Gasteiger partial charge is 0.246 e. The van der Waals surface area contributed by atoms with Crippen molar-refractivity contribution in [3.63, 3.8) is 0 Å². The van der Waals surface area contributed by atoms with Crippen molar-refractivity contribution >= 4 is 23.4 Å². The Bertz CT molecular complexity index is 754. The third-order valence-corrected chi connectivity index (χ3v) is 6.12. The Morgan fingerprint density at radius 1 is 1.18 bits per heavy atom. The number of rotatable bonds is 6. The predicted molar refractivity (Wildman–Crippen MR) is 110 cm³/mol. The number of halogens is 1. The van der Waals surface area contributed by atoms with Crippen LogP contribution in [0.1, 0.15) is 24.5 Å². The molecule has 1 N–H and O–H groups in total. The van der Waals surface area contributed by atoms with Gasteiger partial charge in [0.1, 0.15) is 5.75 Å². The molecule has 0 saturated carbocycles. The number of piperazine rings is 1. The zero-order valence-corrected chi connectivity index (χ0v) is 17.1. The van der Waals surface area contributed by atoms with Gasteiger partial charge in [-0.1, -0.05) is 31.2 Å². The molecule has 0 unspecified atom stereocenters. The van der Waals surface area contributed by atoms with Crippen LogP contribution in [0, 0.1) is 0 Å². The molecule has 6 nitrogen and oxygen atoms in total. The summed E-state index contributed by atoms with van der Waals surface area (Å²) in [7, 11) is 0. The Balaban J connectivity index is 1.45. The zero-order chi connectivity index (χ0) is 20.3. The number of carbonyl (C=O) groups excluding carboxylic acids is 2. The normalized spacial score (nSPS) is 18.1. The van der Waals surface area contributed by atoms with Crippen molar-refractivity contribution in [1.82, 2.24) is 14.7 Å². The third kappa shape index (κ3) is 4.50. The van der Waals surface area contributed by atoms with Crippen LogP contribution in [0.2, 0.25) is 5.02 Å². The summed E-state index contributed by atoms with van der Waals surface area (Å²) in [6.07, 6.45) is 3.04. The van der Waals surface area contributed by atoms with Gasteiger partial charge in [-0.2, -0.15) is 0 Å². The monoisotopic (exact) mass is 405 g/mol. The molecular formula is C21H28ClN3O3. The van der Waals surface area contributed by atoms with Gasteiger partial charge in [0.2, 0.25) is 11.8 Å². The topological polar surface area (TPSA) is 64.1 Å². The minimum Gasteiger partial charge on any atom is -0.508 e. The Hall–Kier alpha value is -2.05. The van der Waals surface area contributed by atoms with E-state index in [2.05, 4.69) is 11.5 Å². The molecule has 3 rings (SSSR count). The fraction of sp³-hybridized carbons (Fsp3) is 0.524. The van der Waals surface area contributed by atoms with Crippen molar-refractivity contribution in [2.24, 2.45) is 0 Å². The Labute approximate surface area is 171 Å². The van der Waals surface area contributed by atoms with Gasteiger partial charge < -0.3 is 14.9 Å². The van der Waals surface area contributed by atoms with Crippen LogP contribution in [0.5, 0.6) is 5.75 Å². The van der Waals surface area contributed by atoms with E-state index in [-0.39, 0.29) is 17.6 Å². The Morgan fingerprint density at radius 3 is 2.46 bits per heavy atom. The molecule has 2 heterocycles. The lowest BCUT2D eigenvalue weighted by Gasteiger charge is -2.47. The van der Waals surface area contributed by atoms with Crippen molar-refractivity contribution in [2.45, 2.75) is 32.2 Å². The molecule has 28 heavy (non-hydrogen) atoms. The first-order valence-electron chi connectivity index (χ1n) is 9.86. The number of aromatic hydroxyl groups is 1. The van der Waals surface area contributed by atoms with Gasteiger partial charge in [-0.15, -0.1) is 0 Å². The summed E-state index contributed by atoms with van der Waals surface area (Å²) in [5.74, 6) is 0.259. The Kier molecular flexibility index (Phi) is 6.62. The molecule has 2 aliphatic rings. The maximum Gasteiger partial charge on any atom is 0.246 e. The van der Waals surface area contributed by atoms with Gasteiger partial charge in [-0.05, 0) is 36.1 Å². The van der Waals surface area contributed by atoms with Gasteiger partial charge >= 0.3 is 0 Å². The fourth-order valence-electron chi connectivity index (χ4n) is 3.86. The number of benzene rings is 1. The number of phenolic OH excluding ortho intramolecular Hbond substituents is 1. The summed E-state index contributed by atoms with van der Waals surface area (Å²) in [6, 6.07) is 3.85.